The summed E-state index contributed by atoms with van der Waals surface area (Å²) < 4.78 is 5.36. The summed E-state index contributed by atoms with van der Waals surface area (Å²) >= 11 is 0. The first-order valence-electron chi connectivity index (χ1n) is 11.0. The first-order chi connectivity index (χ1) is 15.3. The highest BCUT2D eigenvalue weighted by atomic mass is 16.5. The van der Waals surface area contributed by atoms with Crippen molar-refractivity contribution >= 4 is 28.6 Å². The highest BCUT2D eigenvalue weighted by Crippen LogP contribution is 2.26. The van der Waals surface area contributed by atoms with Crippen LogP contribution in [0.25, 0.3) is 10.9 Å². The Kier molecular flexibility index (Phi) is 7.56. The molecule has 0 aliphatic carbocycles. The molecule has 1 aliphatic rings. The van der Waals surface area contributed by atoms with Gasteiger partial charge >= 0.3 is 0 Å². The minimum atomic E-state index is -0.712. The van der Waals surface area contributed by atoms with Crippen LogP contribution in [0.15, 0.2) is 36.9 Å². The summed E-state index contributed by atoms with van der Waals surface area (Å²) in [6, 6.07) is 6.19. The van der Waals surface area contributed by atoms with Gasteiger partial charge in [0.05, 0.1) is 7.11 Å². The number of benzene rings is 1. The van der Waals surface area contributed by atoms with Crippen LogP contribution in [-0.2, 0) is 9.59 Å². The number of carbonyl (C=O) groups excluding carboxylic acids is 3. The molecule has 1 aromatic carbocycles. The van der Waals surface area contributed by atoms with E-state index in [-0.39, 0.29) is 35.6 Å². The Morgan fingerprint density at radius 2 is 2.09 bits per heavy atom. The van der Waals surface area contributed by atoms with Gasteiger partial charge in [-0.25, -0.2) is 0 Å². The molecule has 4 N–H and O–H groups in total. The van der Waals surface area contributed by atoms with Crippen LogP contribution in [-0.4, -0.2) is 48.4 Å². The molecule has 8 nitrogen and oxygen atoms in total. The van der Waals surface area contributed by atoms with Gasteiger partial charge in [-0.1, -0.05) is 26.0 Å². The molecule has 1 aromatic heterocycles. The number of nitrogens with one attached hydrogen (secondary N) is 4. The second kappa shape index (κ2) is 10.3. The van der Waals surface area contributed by atoms with Crippen molar-refractivity contribution in [2.24, 2.45) is 11.8 Å². The fourth-order valence-corrected chi connectivity index (χ4v) is 4.04. The van der Waals surface area contributed by atoms with Crippen molar-refractivity contribution in [3.8, 4) is 5.75 Å². The first-order valence-corrected chi connectivity index (χ1v) is 11.0. The quantitative estimate of drug-likeness (QED) is 0.425. The van der Waals surface area contributed by atoms with Gasteiger partial charge in [0.15, 0.2) is 0 Å². The lowest BCUT2D eigenvalue weighted by atomic mass is 9.97. The van der Waals surface area contributed by atoms with Crippen molar-refractivity contribution in [3.63, 3.8) is 0 Å². The van der Waals surface area contributed by atoms with E-state index < -0.39 is 6.04 Å². The molecule has 3 amide bonds. The molecular formula is C24H32N4O4. The average Bonchev–Trinajstić information content (AvgIpc) is 3.38. The maximum absolute atomic E-state index is 13.0. The van der Waals surface area contributed by atoms with Crippen molar-refractivity contribution in [1.29, 1.82) is 0 Å². The van der Waals surface area contributed by atoms with E-state index in [0.29, 0.717) is 30.8 Å². The van der Waals surface area contributed by atoms with E-state index in [4.69, 9.17) is 4.74 Å². The monoisotopic (exact) mass is 440 g/mol. The largest absolute Gasteiger partial charge is 0.496 e. The maximum Gasteiger partial charge on any atom is 0.268 e. The number of H-pyrrole nitrogens is 1. The lowest BCUT2D eigenvalue weighted by molar-refractivity contribution is -0.125. The predicted molar refractivity (Wildman–Crippen MR) is 123 cm³/mol. The Morgan fingerprint density at radius 3 is 2.72 bits per heavy atom. The van der Waals surface area contributed by atoms with Crippen molar-refractivity contribution in [1.82, 2.24) is 20.9 Å². The summed E-state index contributed by atoms with van der Waals surface area (Å²) in [6.07, 6.45) is 3.36. The van der Waals surface area contributed by atoms with Crippen molar-refractivity contribution in [2.75, 3.05) is 13.7 Å². The maximum atomic E-state index is 13.0. The number of fused-ring (bicyclic) bond motifs is 1. The zero-order chi connectivity index (χ0) is 23.3. The third kappa shape index (κ3) is 5.49. The molecule has 172 valence electrons. The summed E-state index contributed by atoms with van der Waals surface area (Å²) in [5.74, 6) is 0.0688. The minimum absolute atomic E-state index is 0.00683. The lowest BCUT2D eigenvalue weighted by Crippen LogP contribution is -2.50. The summed E-state index contributed by atoms with van der Waals surface area (Å²) in [7, 11) is 1.58. The molecule has 1 saturated heterocycles. The number of hydrogen-bond acceptors (Lipinski definition) is 4. The van der Waals surface area contributed by atoms with Crippen LogP contribution in [0.4, 0.5) is 0 Å². The highest BCUT2D eigenvalue weighted by molar-refractivity contribution is 6.01. The molecular weight excluding hydrogens is 408 g/mol. The molecule has 2 aromatic rings. The van der Waals surface area contributed by atoms with Gasteiger partial charge in [-0.2, -0.15) is 0 Å². The van der Waals surface area contributed by atoms with E-state index in [1.54, 1.807) is 19.3 Å². The molecule has 0 bridgehead atoms. The van der Waals surface area contributed by atoms with Crippen LogP contribution in [0.3, 0.4) is 0 Å². The normalized spacial score (nSPS) is 17.6. The van der Waals surface area contributed by atoms with E-state index in [0.717, 1.165) is 17.3 Å². The number of ether oxygens (including phenoxy) is 1. The smallest absolute Gasteiger partial charge is 0.268 e. The highest BCUT2D eigenvalue weighted by Gasteiger charge is 2.29. The van der Waals surface area contributed by atoms with Crippen LogP contribution < -0.4 is 20.7 Å². The molecule has 1 aliphatic heterocycles. The molecule has 0 unspecified atom stereocenters. The fourth-order valence-electron chi connectivity index (χ4n) is 4.04. The van der Waals surface area contributed by atoms with E-state index in [1.807, 2.05) is 32.0 Å². The van der Waals surface area contributed by atoms with E-state index >= 15 is 0 Å². The molecule has 2 heterocycles. The summed E-state index contributed by atoms with van der Waals surface area (Å²) in [4.78, 5) is 41.0. The number of methoxy groups -OCH3 is 1. The Balaban J connectivity index is 1.71. The number of rotatable bonds is 10. The Bertz CT molecular complexity index is 997. The zero-order valence-corrected chi connectivity index (χ0v) is 18.9. The lowest BCUT2D eigenvalue weighted by Gasteiger charge is -2.24. The molecule has 3 rings (SSSR count). The van der Waals surface area contributed by atoms with Gasteiger partial charge in [0.25, 0.3) is 5.91 Å². The molecule has 3 atom stereocenters. The van der Waals surface area contributed by atoms with Crippen LogP contribution in [0, 0.1) is 11.8 Å². The summed E-state index contributed by atoms with van der Waals surface area (Å²) in [5, 5.41) is 9.40. The Labute approximate surface area is 188 Å². The summed E-state index contributed by atoms with van der Waals surface area (Å²) in [6.45, 7) is 8.44. The topological polar surface area (TPSA) is 112 Å². The van der Waals surface area contributed by atoms with Gasteiger partial charge in [0.1, 0.15) is 17.5 Å². The molecule has 8 heteroatoms. The molecule has 0 spiro atoms. The van der Waals surface area contributed by atoms with E-state index in [1.165, 1.54) is 0 Å². The SMILES string of the molecule is C=C[C@H](C[C@@H]1CCNC1=O)NC(=O)[C@H](CC(C)C)NC(=O)c1cc2c(OC)cccc2[nH]1. The zero-order valence-electron chi connectivity index (χ0n) is 18.9. The molecule has 32 heavy (non-hydrogen) atoms. The Morgan fingerprint density at radius 1 is 1.31 bits per heavy atom. The van der Waals surface area contributed by atoms with Crippen LogP contribution in [0.2, 0.25) is 0 Å². The second-order valence-electron chi connectivity index (χ2n) is 8.62. The predicted octanol–water partition coefficient (Wildman–Crippen LogP) is 2.52. The molecule has 0 radical (unpaired) electrons. The number of hydrogen-bond donors (Lipinski definition) is 4. The van der Waals surface area contributed by atoms with Crippen molar-refractivity contribution in [2.45, 2.75) is 45.2 Å². The number of amides is 3. The second-order valence-corrected chi connectivity index (χ2v) is 8.62. The fraction of sp³-hybridized carbons (Fsp3) is 0.458. The standard InChI is InChI=1S/C24H32N4O4/c1-5-16(12-15-9-10-25-22(15)29)26-23(30)19(11-14(2)3)28-24(31)20-13-17-18(27-20)7-6-8-21(17)32-4/h5-8,13-16,19,27H,1,9-12H2,2-4H3,(H,25,29)(H,26,30)(H,28,31)/t15-,16+,19-/m0/s1. The van der Waals surface area contributed by atoms with Crippen LogP contribution in [0.5, 0.6) is 5.75 Å². The summed E-state index contributed by atoms with van der Waals surface area (Å²) in [5.41, 5.74) is 1.13. The third-order valence-corrected chi connectivity index (χ3v) is 5.73. The molecule has 0 saturated carbocycles. The van der Waals surface area contributed by atoms with Crippen LogP contribution in [0.1, 0.15) is 43.6 Å². The van der Waals surface area contributed by atoms with Gasteiger partial charge in [0.2, 0.25) is 11.8 Å². The van der Waals surface area contributed by atoms with Gasteiger partial charge < -0.3 is 25.7 Å². The number of aromatic nitrogens is 1. The third-order valence-electron chi connectivity index (χ3n) is 5.73. The first kappa shape index (κ1) is 23.4. The molecule has 1 fully saturated rings. The van der Waals surface area contributed by atoms with E-state index in [9.17, 15) is 14.4 Å². The van der Waals surface area contributed by atoms with Gasteiger partial charge in [-0.15, -0.1) is 6.58 Å². The van der Waals surface area contributed by atoms with Gasteiger partial charge in [0, 0.05) is 29.4 Å². The number of carbonyl (C=O) groups is 3. The van der Waals surface area contributed by atoms with Gasteiger partial charge in [-0.3, -0.25) is 14.4 Å². The average molecular weight is 441 g/mol. The number of aromatic amines is 1. The minimum Gasteiger partial charge on any atom is -0.496 e. The van der Waals surface area contributed by atoms with Crippen LogP contribution >= 0.6 is 0 Å². The van der Waals surface area contributed by atoms with Crippen molar-refractivity contribution in [3.05, 3.63) is 42.6 Å². The van der Waals surface area contributed by atoms with Gasteiger partial charge in [-0.05, 0) is 43.4 Å². The Hall–Kier alpha value is -3.29. The van der Waals surface area contributed by atoms with Crippen molar-refractivity contribution < 1.29 is 19.1 Å². The van der Waals surface area contributed by atoms with E-state index in [2.05, 4.69) is 27.5 Å².